The summed E-state index contributed by atoms with van der Waals surface area (Å²) in [5.41, 5.74) is 3.85. The maximum Gasteiger partial charge on any atom is 0.0702 e. The van der Waals surface area contributed by atoms with Crippen molar-refractivity contribution < 1.29 is 0 Å². The standard InChI is InChI=1S/C18H20N2S/c1-2-19-17(7-5-14-9-11-21-13-14)16-6-8-18-15(12-16)4-3-10-20-18/h3-4,6,8-13,17,19H,2,5,7H2,1H3. The van der Waals surface area contributed by atoms with Gasteiger partial charge in [0.1, 0.15) is 0 Å². The number of aryl methyl sites for hydroxylation is 1. The average Bonchev–Trinajstić information content (AvgIpc) is 3.04. The Kier molecular flexibility index (Phi) is 4.63. The van der Waals surface area contributed by atoms with Crippen molar-refractivity contribution in [2.24, 2.45) is 0 Å². The second-order valence-corrected chi connectivity index (χ2v) is 6.02. The lowest BCUT2D eigenvalue weighted by Gasteiger charge is -2.18. The number of benzene rings is 1. The molecule has 0 fully saturated rings. The number of pyridine rings is 1. The van der Waals surface area contributed by atoms with E-state index in [4.69, 9.17) is 0 Å². The summed E-state index contributed by atoms with van der Waals surface area (Å²) in [6.07, 6.45) is 4.09. The van der Waals surface area contributed by atoms with Crippen molar-refractivity contribution in [2.75, 3.05) is 6.54 Å². The van der Waals surface area contributed by atoms with Crippen molar-refractivity contribution >= 4 is 22.2 Å². The largest absolute Gasteiger partial charge is 0.310 e. The third-order valence-electron chi connectivity index (χ3n) is 3.78. The summed E-state index contributed by atoms with van der Waals surface area (Å²) < 4.78 is 0. The van der Waals surface area contributed by atoms with Gasteiger partial charge < -0.3 is 5.32 Å². The van der Waals surface area contributed by atoms with E-state index in [2.05, 4.69) is 58.3 Å². The molecule has 1 unspecified atom stereocenters. The van der Waals surface area contributed by atoms with Gasteiger partial charge in [-0.15, -0.1) is 0 Å². The molecule has 3 heteroatoms. The highest BCUT2D eigenvalue weighted by atomic mass is 32.1. The minimum Gasteiger partial charge on any atom is -0.310 e. The SMILES string of the molecule is CCNC(CCc1ccsc1)c1ccc2ncccc2c1. The van der Waals surface area contributed by atoms with E-state index in [0.29, 0.717) is 6.04 Å². The summed E-state index contributed by atoms with van der Waals surface area (Å²) in [6.45, 7) is 3.15. The molecule has 2 nitrogen and oxygen atoms in total. The molecule has 3 aromatic rings. The number of thiophene rings is 1. The molecule has 0 saturated carbocycles. The van der Waals surface area contributed by atoms with E-state index in [1.165, 1.54) is 16.5 Å². The first-order valence-electron chi connectivity index (χ1n) is 7.46. The molecule has 21 heavy (non-hydrogen) atoms. The predicted molar refractivity (Wildman–Crippen MR) is 90.8 cm³/mol. The van der Waals surface area contributed by atoms with Crippen molar-refractivity contribution in [3.8, 4) is 0 Å². The molecule has 2 aromatic heterocycles. The molecule has 1 aromatic carbocycles. The van der Waals surface area contributed by atoms with E-state index >= 15 is 0 Å². The Morgan fingerprint density at radius 1 is 1.24 bits per heavy atom. The fraction of sp³-hybridized carbons (Fsp3) is 0.278. The van der Waals surface area contributed by atoms with Gasteiger partial charge in [0.25, 0.3) is 0 Å². The lowest BCUT2D eigenvalue weighted by atomic mass is 9.98. The first-order valence-corrected chi connectivity index (χ1v) is 8.40. The smallest absolute Gasteiger partial charge is 0.0702 e. The third kappa shape index (κ3) is 3.49. The van der Waals surface area contributed by atoms with Gasteiger partial charge in [-0.2, -0.15) is 11.3 Å². The van der Waals surface area contributed by atoms with E-state index < -0.39 is 0 Å². The molecule has 0 aliphatic rings. The Morgan fingerprint density at radius 3 is 3.00 bits per heavy atom. The van der Waals surface area contributed by atoms with Crippen molar-refractivity contribution in [1.82, 2.24) is 10.3 Å². The summed E-state index contributed by atoms with van der Waals surface area (Å²) >= 11 is 1.77. The molecule has 108 valence electrons. The zero-order valence-electron chi connectivity index (χ0n) is 12.3. The fourth-order valence-corrected chi connectivity index (χ4v) is 3.39. The van der Waals surface area contributed by atoms with Crippen LogP contribution in [0.5, 0.6) is 0 Å². The van der Waals surface area contributed by atoms with Crippen molar-refractivity contribution in [2.45, 2.75) is 25.8 Å². The molecule has 0 saturated heterocycles. The van der Waals surface area contributed by atoms with E-state index in [-0.39, 0.29) is 0 Å². The normalized spacial score (nSPS) is 12.6. The molecule has 0 bridgehead atoms. The summed E-state index contributed by atoms with van der Waals surface area (Å²) in [5, 5.41) is 9.22. The number of hydrogen-bond acceptors (Lipinski definition) is 3. The molecule has 0 aliphatic heterocycles. The van der Waals surface area contributed by atoms with Crippen LogP contribution in [0.1, 0.15) is 30.5 Å². The Morgan fingerprint density at radius 2 is 2.19 bits per heavy atom. The number of aromatic nitrogens is 1. The average molecular weight is 296 g/mol. The van der Waals surface area contributed by atoms with Gasteiger partial charge in [0, 0.05) is 17.6 Å². The lowest BCUT2D eigenvalue weighted by Crippen LogP contribution is -2.21. The van der Waals surface area contributed by atoms with Gasteiger partial charge in [-0.1, -0.05) is 19.1 Å². The van der Waals surface area contributed by atoms with Crippen LogP contribution in [-0.2, 0) is 6.42 Å². The summed E-state index contributed by atoms with van der Waals surface area (Å²) in [4.78, 5) is 4.40. The molecule has 0 spiro atoms. The quantitative estimate of drug-likeness (QED) is 0.720. The highest BCUT2D eigenvalue weighted by Gasteiger charge is 2.11. The second-order valence-electron chi connectivity index (χ2n) is 5.24. The Balaban J connectivity index is 1.80. The molecule has 0 aliphatic carbocycles. The Bertz CT molecular complexity index is 691. The van der Waals surface area contributed by atoms with Crippen molar-refractivity contribution in [1.29, 1.82) is 0 Å². The zero-order valence-corrected chi connectivity index (χ0v) is 13.1. The minimum absolute atomic E-state index is 0.402. The van der Waals surface area contributed by atoms with Crippen LogP contribution < -0.4 is 5.32 Å². The Hall–Kier alpha value is -1.71. The van der Waals surface area contributed by atoms with Gasteiger partial charge in [-0.3, -0.25) is 4.98 Å². The van der Waals surface area contributed by atoms with Gasteiger partial charge >= 0.3 is 0 Å². The highest BCUT2D eigenvalue weighted by Crippen LogP contribution is 2.23. The van der Waals surface area contributed by atoms with Gasteiger partial charge in [-0.25, -0.2) is 0 Å². The van der Waals surface area contributed by atoms with E-state index in [1.807, 2.05) is 12.3 Å². The predicted octanol–water partition coefficient (Wildman–Crippen LogP) is 4.58. The van der Waals surface area contributed by atoms with Gasteiger partial charge in [0.2, 0.25) is 0 Å². The first kappa shape index (κ1) is 14.2. The lowest BCUT2D eigenvalue weighted by molar-refractivity contribution is 0.516. The summed E-state index contributed by atoms with van der Waals surface area (Å²) in [5.74, 6) is 0. The van der Waals surface area contributed by atoms with Crippen LogP contribution in [-0.4, -0.2) is 11.5 Å². The number of nitrogens with one attached hydrogen (secondary N) is 1. The molecule has 2 heterocycles. The maximum atomic E-state index is 4.40. The molecule has 0 amide bonds. The van der Waals surface area contributed by atoms with Gasteiger partial charge in [0.15, 0.2) is 0 Å². The van der Waals surface area contributed by atoms with Crippen molar-refractivity contribution in [3.05, 3.63) is 64.5 Å². The molecule has 1 N–H and O–H groups in total. The van der Waals surface area contributed by atoms with Crippen LogP contribution >= 0.6 is 11.3 Å². The van der Waals surface area contributed by atoms with Gasteiger partial charge in [0.05, 0.1) is 5.52 Å². The number of fused-ring (bicyclic) bond motifs is 1. The first-order chi connectivity index (χ1) is 10.4. The van der Waals surface area contributed by atoms with Crippen LogP contribution in [0.3, 0.4) is 0 Å². The van der Waals surface area contributed by atoms with Crippen LogP contribution in [0.4, 0.5) is 0 Å². The molecular formula is C18H20N2S. The van der Waals surface area contributed by atoms with Crippen molar-refractivity contribution in [3.63, 3.8) is 0 Å². The van der Waals surface area contributed by atoms with Crippen LogP contribution in [0.25, 0.3) is 10.9 Å². The minimum atomic E-state index is 0.402. The monoisotopic (exact) mass is 296 g/mol. The van der Waals surface area contributed by atoms with Crippen LogP contribution in [0, 0.1) is 0 Å². The van der Waals surface area contributed by atoms with E-state index in [9.17, 15) is 0 Å². The van der Waals surface area contributed by atoms with Crippen LogP contribution in [0.15, 0.2) is 53.4 Å². The number of rotatable bonds is 6. The van der Waals surface area contributed by atoms with E-state index in [1.54, 1.807) is 11.3 Å². The maximum absolute atomic E-state index is 4.40. The van der Waals surface area contributed by atoms with Crippen LogP contribution in [0.2, 0.25) is 0 Å². The highest BCUT2D eigenvalue weighted by molar-refractivity contribution is 7.07. The number of hydrogen-bond donors (Lipinski definition) is 1. The zero-order chi connectivity index (χ0) is 14.5. The fourth-order valence-electron chi connectivity index (χ4n) is 2.69. The third-order valence-corrected chi connectivity index (χ3v) is 4.51. The molecule has 3 rings (SSSR count). The number of nitrogens with zero attached hydrogens (tertiary/aromatic N) is 1. The van der Waals surface area contributed by atoms with Gasteiger partial charge in [-0.05, 0) is 65.5 Å². The Labute approximate surface area is 129 Å². The second kappa shape index (κ2) is 6.83. The topological polar surface area (TPSA) is 24.9 Å². The summed E-state index contributed by atoms with van der Waals surface area (Å²) in [6, 6.07) is 13.4. The molecular weight excluding hydrogens is 276 g/mol. The summed E-state index contributed by atoms with van der Waals surface area (Å²) in [7, 11) is 0. The molecule has 0 radical (unpaired) electrons. The van der Waals surface area contributed by atoms with E-state index in [0.717, 1.165) is 24.9 Å². The molecule has 1 atom stereocenters.